The molecule has 1 aromatic carbocycles. The molecule has 1 saturated carbocycles. The van der Waals surface area contributed by atoms with Gasteiger partial charge in [-0.25, -0.2) is 4.98 Å². The van der Waals surface area contributed by atoms with E-state index in [0.29, 0.717) is 15.7 Å². The molecule has 1 aliphatic carbocycles. The Labute approximate surface area is 127 Å². The van der Waals surface area contributed by atoms with Gasteiger partial charge >= 0.3 is 6.61 Å². The van der Waals surface area contributed by atoms with E-state index in [1.54, 1.807) is 18.2 Å². The van der Waals surface area contributed by atoms with Crippen molar-refractivity contribution in [2.24, 2.45) is 0 Å². The molecule has 4 nitrogen and oxygen atoms in total. The Morgan fingerprint density at radius 2 is 2.05 bits per heavy atom. The van der Waals surface area contributed by atoms with Gasteiger partial charge in [-0.15, -0.1) is 0 Å². The molecule has 110 valence electrons. The molecule has 1 aromatic heterocycles. The maximum Gasteiger partial charge on any atom is 0.387 e. The number of para-hydroxylation sites is 1. The zero-order chi connectivity index (χ0) is 15.0. The van der Waals surface area contributed by atoms with Crippen LogP contribution in [0, 0.1) is 0 Å². The summed E-state index contributed by atoms with van der Waals surface area (Å²) in [6.45, 7) is -2.93. The van der Waals surface area contributed by atoms with E-state index in [0.717, 1.165) is 12.8 Å². The number of hydrogen-bond acceptors (Lipinski definition) is 3. The molecule has 0 atom stereocenters. The first-order valence-electron chi connectivity index (χ1n) is 6.40. The number of ether oxygens (including phenoxy) is 1. The third-order valence-electron chi connectivity index (χ3n) is 3.21. The Bertz CT molecular complexity index is 729. The summed E-state index contributed by atoms with van der Waals surface area (Å²) in [6.07, 6.45) is 1.95. The molecule has 21 heavy (non-hydrogen) atoms. The number of halogens is 3. The molecule has 1 heterocycles. The fourth-order valence-corrected chi connectivity index (χ4v) is 2.60. The Balaban J connectivity index is 2.10. The van der Waals surface area contributed by atoms with Crippen LogP contribution >= 0.6 is 15.9 Å². The van der Waals surface area contributed by atoms with Crippen molar-refractivity contribution in [2.75, 3.05) is 0 Å². The van der Waals surface area contributed by atoms with E-state index in [2.05, 4.69) is 30.6 Å². The molecule has 0 bridgehead atoms. The highest BCUT2D eigenvalue weighted by Crippen LogP contribution is 2.42. The van der Waals surface area contributed by atoms with E-state index in [1.165, 1.54) is 6.07 Å². The van der Waals surface area contributed by atoms with Gasteiger partial charge in [0.1, 0.15) is 16.0 Å². The lowest BCUT2D eigenvalue weighted by atomic mass is 10.1. The van der Waals surface area contributed by atoms with Crippen LogP contribution in [0.5, 0.6) is 5.75 Å². The molecule has 1 fully saturated rings. The van der Waals surface area contributed by atoms with E-state index in [-0.39, 0.29) is 23.1 Å². The standard InChI is InChI=1S/C14H11BrF2N2O2/c15-10-11(7-5-6-7)18-12(19-13(10)20)8-3-1-2-4-9(8)21-14(16)17/h1-4,7,14H,5-6H2,(H,18,19,20). The van der Waals surface area contributed by atoms with Crippen molar-refractivity contribution in [3.05, 3.63) is 44.8 Å². The largest absolute Gasteiger partial charge is 0.434 e. The zero-order valence-electron chi connectivity index (χ0n) is 10.8. The van der Waals surface area contributed by atoms with Crippen LogP contribution in [0.3, 0.4) is 0 Å². The van der Waals surface area contributed by atoms with Crippen molar-refractivity contribution in [1.29, 1.82) is 0 Å². The summed E-state index contributed by atoms with van der Waals surface area (Å²) < 4.78 is 29.8. The molecular formula is C14H11BrF2N2O2. The summed E-state index contributed by atoms with van der Waals surface area (Å²) >= 11 is 3.23. The molecule has 1 N–H and O–H groups in total. The number of H-pyrrole nitrogens is 1. The molecule has 1 aliphatic rings. The van der Waals surface area contributed by atoms with Crippen LogP contribution in [0.25, 0.3) is 11.4 Å². The highest BCUT2D eigenvalue weighted by atomic mass is 79.9. The van der Waals surface area contributed by atoms with Gasteiger partial charge in [0.05, 0.1) is 11.3 Å². The number of nitrogens with zero attached hydrogens (tertiary/aromatic N) is 1. The van der Waals surface area contributed by atoms with Crippen molar-refractivity contribution in [3.63, 3.8) is 0 Å². The molecule has 7 heteroatoms. The summed E-state index contributed by atoms with van der Waals surface area (Å²) in [5.74, 6) is 0.477. The van der Waals surface area contributed by atoms with Gasteiger partial charge in [-0.05, 0) is 40.9 Å². The summed E-state index contributed by atoms with van der Waals surface area (Å²) in [4.78, 5) is 19.0. The van der Waals surface area contributed by atoms with Gasteiger partial charge < -0.3 is 9.72 Å². The molecular weight excluding hydrogens is 346 g/mol. The van der Waals surface area contributed by atoms with Crippen molar-refractivity contribution in [2.45, 2.75) is 25.4 Å². The Hall–Kier alpha value is -1.76. The van der Waals surface area contributed by atoms with Gasteiger partial charge in [0, 0.05) is 5.92 Å². The number of aromatic nitrogens is 2. The highest BCUT2D eigenvalue weighted by molar-refractivity contribution is 9.10. The number of alkyl halides is 2. The van der Waals surface area contributed by atoms with E-state index >= 15 is 0 Å². The average Bonchev–Trinajstić information content (AvgIpc) is 3.26. The van der Waals surface area contributed by atoms with Crippen LogP contribution in [0.4, 0.5) is 8.78 Å². The molecule has 0 spiro atoms. The van der Waals surface area contributed by atoms with Crippen molar-refractivity contribution in [3.8, 4) is 17.1 Å². The fourth-order valence-electron chi connectivity index (χ4n) is 2.09. The first-order chi connectivity index (χ1) is 10.1. The number of nitrogens with one attached hydrogen (secondary N) is 1. The predicted octanol–water partition coefficient (Wildman–Crippen LogP) is 3.68. The van der Waals surface area contributed by atoms with Crippen LogP contribution in [-0.2, 0) is 0 Å². The summed E-state index contributed by atoms with van der Waals surface area (Å²) in [5.41, 5.74) is 0.679. The van der Waals surface area contributed by atoms with Gasteiger partial charge in [-0.2, -0.15) is 8.78 Å². The molecule has 0 saturated heterocycles. The topological polar surface area (TPSA) is 55.0 Å². The third kappa shape index (κ3) is 2.97. The van der Waals surface area contributed by atoms with Crippen LogP contribution in [0.1, 0.15) is 24.5 Å². The van der Waals surface area contributed by atoms with E-state index in [1.807, 2.05) is 0 Å². The Morgan fingerprint density at radius 3 is 2.71 bits per heavy atom. The molecule has 0 aliphatic heterocycles. The normalized spacial score (nSPS) is 14.5. The minimum Gasteiger partial charge on any atom is -0.434 e. The average molecular weight is 357 g/mol. The lowest BCUT2D eigenvalue weighted by Crippen LogP contribution is -2.14. The van der Waals surface area contributed by atoms with E-state index in [9.17, 15) is 13.6 Å². The van der Waals surface area contributed by atoms with Crippen LogP contribution in [-0.4, -0.2) is 16.6 Å². The minimum absolute atomic E-state index is 0.0141. The van der Waals surface area contributed by atoms with Crippen molar-refractivity contribution < 1.29 is 13.5 Å². The maximum atomic E-state index is 12.5. The van der Waals surface area contributed by atoms with Crippen LogP contribution < -0.4 is 10.3 Å². The quantitative estimate of drug-likeness (QED) is 0.908. The number of rotatable bonds is 4. The lowest BCUT2D eigenvalue weighted by Gasteiger charge is -2.11. The molecule has 0 unspecified atom stereocenters. The second-order valence-corrected chi connectivity index (χ2v) is 5.56. The lowest BCUT2D eigenvalue weighted by molar-refractivity contribution is -0.0494. The van der Waals surface area contributed by atoms with Gasteiger partial charge in [0.2, 0.25) is 0 Å². The molecule has 3 rings (SSSR count). The van der Waals surface area contributed by atoms with E-state index < -0.39 is 6.61 Å². The minimum atomic E-state index is -2.93. The van der Waals surface area contributed by atoms with Crippen molar-refractivity contribution >= 4 is 15.9 Å². The Morgan fingerprint density at radius 1 is 1.33 bits per heavy atom. The first kappa shape index (κ1) is 14.2. The summed E-state index contributed by atoms with van der Waals surface area (Å²) in [5, 5.41) is 0. The molecule has 0 amide bonds. The van der Waals surface area contributed by atoms with Gasteiger partial charge in [-0.3, -0.25) is 4.79 Å². The molecule has 2 aromatic rings. The zero-order valence-corrected chi connectivity index (χ0v) is 12.4. The number of hydrogen-bond donors (Lipinski definition) is 1. The van der Waals surface area contributed by atoms with Gasteiger partial charge in [0.15, 0.2) is 0 Å². The fraction of sp³-hybridized carbons (Fsp3) is 0.286. The predicted molar refractivity (Wildman–Crippen MR) is 76.6 cm³/mol. The Kier molecular flexibility index (Phi) is 3.75. The maximum absolute atomic E-state index is 12.5. The van der Waals surface area contributed by atoms with Crippen LogP contribution in [0.15, 0.2) is 33.5 Å². The molecule has 0 radical (unpaired) electrons. The number of benzene rings is 1. The van der Waals surface area contributed by atoms with Gasteiger partial charge in [-0.1, -0.05) is 12.1 Å². The van der Waals surface area contributed by atoms with Gasteiger partial charge in [0.25, 0.3) is 5.56 Å². The highest BCUT2D eigenvalue weighted by Gasteiger charge is 2.29. The number of aromatic amines is 1. The third-order valence-corrected chi connectivity index (χ3v) is 3.98. The van der Waals surface area contributed by atoms with E-state index in [4.69, 9.17) is 0 Å². The second-order valence-electron chi connectivity index (χ2n) is 4.76. The second kappa shape index (κ2) is 5.55. The van der Waals surface area contributed by atoms with Crippen molar-refractivity contribution in [1.82, 2.24) is 9.97 Å². The first-order valence-corrected chi connectivity index (χ1v) is 7.19. The SMILES string of the molecule is O=c1[nH]c(-c2ccccc2OC(F)F)nc(C2CC2)c1Br. The summed E-state index contributed by atoms with van der Waals surface area (Å²) in [6, 6.07) is 6.26. The smallest absolute Gasteiger partial charge is 0.387 e. The monoisotopic (exact) mass is 356 g/mol. The van der Waals surface area contributed by atoms with Crippen LogP contribution in [0.2, 0.25) is 0 Å². The summed E-state index contributed by atoms with van der Waals surface area (Å²) in [7, 11) is 0.